The van der Waals surface area contributed by atoms with Crippen LogP contribution >= 0.6 is 0 Å². The molecule has 2 aromatic rings. The number of amides is 2. The molecule has 3 atom stereocenters. The van der Waals surface area contributed by atoms with Crippen LogP contribution in [-0.4, -0.2) is 82.6 Å². The maximum absolute atomic E-state index is 14.4. The lowest BCUT2D eigenvalue weighted by Gasteiger charge is -2.34. The van der Waals surface area contributed by atoms with Gasteiger partial charge in [-0.15, -0.1) is 6.58 Å². The second-order valence-electron chi connectivity index (χ2n) is 12.9. The molecule has 10 nitrogen and oxygen atoms in total. The van der Waals surface area contributed by atoms with E-state index in [1.165, 1.54) is 12.0 Å². The van der Waals surface area contributed by atoms with Crippen LogP contribution in [0.2, 0.25) is 0 Å². The second kappa shape index (κ2) is 15.1. The Balaban J connectivity index is 1.63. The molecule has 2 aromatic carbocycles. The number of carbonyl (C=O) groups excluding carboxylic acids is 3. The molecule has 0 spiro atoms. The highest BCUT2D eigenvalue weighted by Gasteiger charge is 2.52. The molecule has 0 bridgehead atoms. The smallest absolute Gasteiger partial charge is 0.407 e. The Morgan fingerprint density at radius 2 is 1.85 bits per heavy atom. The zero-order valence-corrected chi connectivity index (χ0v) is 27.8. The van der Waals surface area contributed by atoms with Gasteiger partial charge in [-0.1, -0.05) is 44.7 Å². The molecule has 2 fully saturated rings. The van der Waals surface area contributed by atoms with Crippen molar-refractivity contribution in [2.45, 2.75) is 63.6 Å². The van der Waals surface area contributed by atoms with Crippen LogP contribution in [0.3, 0.4) is 0 Å². The Morgan fingerprint density at radius 3 is 2.48 bits per heavy atom. The van der Waals surface area contributed by atoms with Crippen molar-refractivity contribution in [3.8, 4) is 5.75 Å². The number of nitrogens with one attached hydrogen (secondary N) is 1. The first-order valence-corrected chi connectivity index (χ1v) is 15.8. The lowest BCUT2D eigenvalue weighted by atomic mass is 9.86. The first-order chi connectivity index (χ1) is 22.0. The molecule has 2 aliphatic rings. The van der Waals surface area contributed by atoms with Crippen molar-refractivity contribution in [3.63, 3.8) is 0 Å². The molecular formula is C36H48N2O8. The number of rotatable bonds is 13. The molecule has 0 aromatic heterocycles. The van der Waals surface area contributed by atoms with Gasteiger partial charge < -0.3 is 33.9 Å². The van der Waals surface area contributed by atoms with Crippen LogP contribution in [0.15, 0.2) is 49.6 Å². The van der Waals surface area contributed by atoms with Crippen LogP contribution < -0.4 is 10.1 Å². The fourth-order valence-corrected chi connectivity index (χ4v) is 6.53. The van der Waals surface area contributed by atoms with E-state index in [-0.39, 0.29) is 36.8 Å². The number of allylic oxidation sites excluding steroid dienone is 1. The molecule has 0 radical (unpaired) electrons. The number of carbonyl (C=O) groups is 3. The summed E-state index contributed by atoms with van der Waals surface area (Å²) in [6, 6.07) is 8.01. The molecule has 2 heterocycles. The van der Waals surface area contributed by atoms with Crippen molar-refractivity contribution in [2.24, 2.45) is 11.3 Å². The van der Waals surface area contributed by atoms with Gasteiger partial charge in [0.05, 0.1) is 27.4 Å². The van der Waals surface area contributed by atoms with Crippen molar-refractivity contribution in [2.75, 3.05) is 47.7 Å². The topological polar surface area (TPSA) is 113 Å². The summed E-state index contributed by atoms with van der Waals surface area (Å²) in [6.45, 7) is 13.1. The van der Waals surface area contributed by atoms with Gasteiger partial charge >= 0.3 is 12.1 Å². The number of ether oxygens (including phenoxy) is 5. The summed E-state index contributed by atoms with van der Waals surface area (Å²) in [5.74, 6) is -0.422. The molecule has 0 aliphatic carbocycles. The summed E-state index contributed by atoms with van der Waals surface area (Å²) in [7, 11) is 4.50. The summed E-state index contributed by atoms with van der Waals surface area (Å²) in [5.41, 5.74) is 0.571. The van der Waals surface area contributed by atoms with E-state index in [9.17, 15) is 14.4 Å². The Morgan fingerprint density at radius 1 is 1.11 bits per heavy atom. The van der Waals surface area contributed by atoms with Crippen LogP contribution in [0.25, 0.3) is 16.8 Å². The maximum Gasteiger partial charge on any atom is 0.407 e. The van der Waals surface area contributed by atoms with Gasteiger partial charge in [0.1, 0.15) is 23.4 Å². The minimum absolute atomic E-state index is 0.0766. The molecule has 250 valence electrons. The molecule has 2 amide bonds. The van der Waals surface area contributed by atoms with Crippen LogP contribution in [-0.2, 0) is 34.1 Å². The van der Waals surface area contributed by atoms with E-state index >= 15 is 0 Å². The fraction of sp³-hybridized carbons (Fsp3) is 0.528. The average Bonchev–Trinajstić information content (AvgIpc) is 3.47. The van der Waals surface area contributed by atoms with Crippen molar-refractivity contribution in [3.05, 3.63) is 60.7 Å². The molecule has 2 saturated heterocycles. The minimum Gasteiger partial charge on any atom is -0.496 e. The third-order valence-corrected chi connectivity index (χ3v) is 9.39. The van der Waals surface area contributed by atoms with E-state index in [0.717, 1.165) is 28.3 Å². The highest BCUT2D eigenvalue weighted by Crippen LogP contribution is 2.42. The van der Waals surface area contributed by atoms with Crippen LogP contribution in [0.1, 0.15) is 57.1 Å². The van der Waals surface area contributed by atoms with Gasteiger partial charge in [0, 0.05) is 32.3 Å². The van der Waals surface area contributed by atoms with Gasteiger partial charge in [-0.05, 0) is 71.6 Å². The molecule has 46 heavy (non-hydrogen) atoms. The number of fused-ring (bicyclic) bond motifs is 1. The molecular weight excluding hydrogens is 588 g/mol. The summed E-state index contributed by atoms with van der Waals surface area (Å²) in [5, 5.41) is 4.75. The monoisotopic (exact) mass is 636 g/mol. The van der Waals surface area contributed by atoms with Crippen molar-refractivity contribution in [1.82, 2.24) is 10.2 Å². The van der Waals surface area contributed by atoms with Crippen molar-refractivity contribution < 1.29 is 38.1 Å². The van der Waals surface area contributed by atoms with E-state index < -0.39 is 29.7 Å². The number of likely N-dealkylation sites (tertiary alicyclic amines) is 1. The van der Waals surface area contributed by atoms with Crippen LogP contribution in [0, 0.1) is 11.3 Å². The lowest BCUT2D eigenvalue weighted by Crippen LogP contribution is -2.56. The van der Waals surface area contributed by atoms with E-state index in [4.69, 9.17) is 23.7 Å². The zero-order valence-electron chi connectivity index (χ0n) is 27.8. The predicted octanol–water partition coefficient (Wildman–Crippen LogP) is 5.62. The fourth-order valence-electron chi connectivity index (χ4n) is 6.53. The number of esters is 1. The quantitative estimate of drug-likeness (QED) is 0.223. The van der Waals surface area contributed by atoms with Gasteiger partial charge in [-0.2, -0.15) is 0 Å². The van der Waals surface area contributed by atoms with Crippen LogP contribution in [0.5, 0.6) is 5.75 Å². The number of benzene rings is 2. The highest BCUT2D eigenvalue weighted by atomic mass is 16.5. The summed E-state index contributed by atoms with van der Waals surface area (Å²) in [6.07, 6.45) is 5.67. The van der Waals surface area contributed by atoms with Crippen molar-refractivity contribution in [1.29, 1.82) is 0 Å². The lowest BCUT2D eigenvalue weighted by molar-refractivity contribution is -0.152. The maximum atomic E-state index is 14.4. The zero-order chi connectivity index (χ0) is 33.5. The number of hydrogen-bond acceptors (Lipinski definition) is 8. The van der Waals surface area contributed by atoms with E-state index in [0.29, 0.717) is 38.2 Å². The van der Waals surface area contributed by atoms with E-state index in [1.54, 1.807) is 20.3 Å². The molecule has 2 aliphatic heterocycles. The minimum atomic E-state index is -1.01. The SMILES string of the molecule is C=CCC(C)(C)CCOC(=O)N[C@H](C(=O)N1CC(OC)(c2ccc3cc(OC)c(C=C)cc3c2)CC1C(=O)OC)C1CCOCC1. The number of nitrogens with zero attached hydrogens (tertiary/aromatic N) is 1. The Hall–Kier alpha value is -3.89. The van der Waals surface area contributed by atoms with Crippen molar-refractivity contribution >= 4 is 34.8 Å². The Kier molecular flexibility index (Phi) is 11.5. The highest BCUT2D eigenvalue weighted by molar-refractivity contribution is 5.91. The first-order valence-electron chi connectivity index (χ1n) is 15.8. The number of methoxy groups -OCH3 is 3. The van der Waals surface area contributed by atoms with E-state index in [2.05, 4.69) is 32.3 Å². The average molecular weight is 637 g/mol. The molecule has 10 heteroatoms. The molecule has 2 unspecified atom stereocenters. The van der Waals surface area contributed by atoms with Gasteiger partial charge in [0.15, 0.2) is 0 Å². The third-order valence-electron chi connectivity index (χ3n) is 9.39. The summed E-state index contributed by atoms with van der Waals surface area (Å²) < 4.78 is 27.9. The largest absolute Gasteiger partial charge is 0.496 e. The summed E-state index contributed by atoms with van der Waals surface area (Å²) in [4.78, 5) is 42.2. The second-order valence-corrected chi connectivity index (χ2v) is 12.9. The first kappa shape index (κ1) is 35.0. The normalized spacial score (nSPS) is 21.0. The summed E-state index contributed by atoms with van der Waals surface area (Å²) >= 11 is 0. The van der Waals surface area contributed by atoms with Gasteiger partial charge in [-0.25, -0.2) is 9.59 Å². The van der Waals surface area contributed by atoms with Gasteiger partial charge in [0.2, 0.25) is 5.91 Å². The molecule has 1 N–H and O–H groups in total. The Labute approximate surface area is 272 Å². The van der Waals surface area contributed by atoms with Gasteiger partial charge in [-0.3, -0.25) is 4.79 Å². The third kappa shape index (κ3) is 7.73. The number of hydrogen-bond donors (Lipinski definition) is 1. The van der Waals surface area contributed by atoms with Crippen LogP contribution in [0.4, 0.5) is 4.79 Å². The molecule has 4 rings (SSSR count). The molecule has 0 saturated carbocycles. The Bertz CT molecular complexity index is 1430. The van der Waals surface area contributed by atoms with Gasteiger partial charge in [0.25, 0.3) is 0 Å². The van der Waals surface area contributed by atoms with E-state index in [1.807, 2.05) is 36.4 Å². The standard InChI is InChI=1S/C36H48N2O8/c1-8-14-35(3,4)15-18-46-34(41)37-31(25-12-16-45-17-13-25)32(39)38-23-36(44-7,22-29(38)33(40)43-6)28-11-10-26-21-30(42-5)24(9-2)19-27(26)20-28/h8-11,19-21,25,29,31H,1-2,12-18,22-23H2,3-7H3,(H,37,41)/t29?,31-,36?/m0/s1. The predicted molar refractivity (Wildman–Crippen MR) is 176 cm³/mol. The number of alkyl carbamates (subject to hydrolysis) is 1.